The molecule has 9 unspecified atom stereocenters. The number of ether oxygens (including phenoxy) is 2. The third kappa shape index (κ3) is 28.2. The van der Waals surface area contributed by atoms with Crippen LogP contribution in [-0.4, -0.2) is 110 Å². The highest BCUT2D eigenvalue weighted by Gasteiger charge is 2.44. The summed E-state index contributed by atoms with van der Waals surface area (Å²) < 4.78 is 11.1. The van der Waals surface area contributed by atoms with Crippen molar-refractivity contribution >= 4 is 5.91 Å². The van der Waals surface area contributed by atoms with Gasteiger partial charge < -0.3 is 50.5 Å². The van der Waals surface area contributed by atoms with Crippen LogP contribution < -0.4 is 5.32 Å². The number of aliphatic hydroxyl groups excluding tert-OH is 7. The minimum absolute atomic E-state index is 0.255. The zero-order valence-corrected chi connectivity index (χ0v) is 37.7. The Hall–Kier alpha value is -1.15. The van der Waals surface area contributed by atoms with Gasteiger partial charge in [0.2, 0.25) is 5.91 Å². The van der Waals surface area contributed by atoms with E-state index >= 15 is 0 Å². The van der Waals surface area contributed by atoms with Crippen molar-refractivity contribution in [1.29, 1.82) is 0 Å². The third-order valence-electron chi connectivity index (χ3n) is 12.1. The van der Waals surface area contributed by atoms with Crippen molar-refractivity contribution in [3.05, 3.63) is 12.2 Å². The molecule has 0 bridgehead atoms. The molecule has 1 aliphatic heterocycles. The Morgan fingerprint density at radius 3 is 1.42 bits per heavy atom. The second-order valence-corrected chi connectivity index (χ2v) is 17.5. The van der Waals surface area contributed by atoms with E-state index in [2.05, 4.69) is 31.3 Å². The number of hydrogen-bond acceptors (Lipinski definition) is 10. The quantitative estimate of drug-likeness (QED) is 0.0219. The van der Waals surface area contributed by atoms with Gasteiger partial charge in [-0.05, 0) is 38.5 Å². The first kappa shape index (κ1) is 55.9. The molecular weight excluding hydrogens is 751 g/mol. The van der Waals surface area contributed by atoms with Gasteiger partial charge in [-0.15, -0.1) is 0 Å². The highest BCUT2D eigenvalue weighted by molar-refractivity contribution is 5.80. The summed E-state index contributed by atoms with van der Waals surface area (Å²) in [5, 5.41) is 75.8. The minimum atomic E-state index is -1.66. The summed E-state index contributed by atoms with van der Waals surface area (Å²) in [6, 6.07) is -1.17. The van der Waals surface area contributed by atoms with Crippen LogP contribution in [0.15, 0.2) is 12.2 Å². The van der Waals surface area contributed by atoms with E-state index in [0.717, 1.165) is 51.4 Å². The van der Waals surface area contributed by atoms with E-state index in [1.54, 1.807) is 0 Å². The second kappa shape index (κ2) is 38.5. The highest BCUT2D eigenvalue weighted by atomic mass is 16.7. The fourth-order valence-corrected chi connectivity index (χ4v) is 7.96. The molecule has 0 radical (unpaired) electrons. The average Bonchev–Trinajstić information content (AvgIpc) is 3.23. The third-order valence-corrected chi connectivity index (χ3v) is 12.1. The molecule has 1 aliphatic rings. The lowest BCUT2D eigenvalue weighted by Gasteiger charge is -2.40. The molecular formula is C48H93NO10. The predicted molar refractivity (Wildman–Crippen MR) is 238 cm³/mol. The van der Waals surface area contributed by atoms with E-state index in [4.69, 9.17) is 9.47 Å². The Balaban J connectivity index is 2.42. The topological polar surface area (TPSA) is 189 Å². The standard InChI is InChI=1S/C48H93NO10/c1-3-5-7-9-11-13-15-17-19-20-21-22-24-26-28-30-32-34-36-41(52)47(57)49-39(38-58-48-46(56)45(55)44(54)42(37-50)59-48)43(53)40(51)35-33-31-29-27-25-23-18-16-14-12-10-8-6-4-2/h20-21,39-46,48,50-56H,3-19,22-38H2,1-2H3,(H,49,57)/b21-20-. The van der Waals surface area contributed by atoms with Gasteiger partial charge >= 0.3 is 0 Å². The first-order valence-corrected chi connectivity index (χ1v) is 24.6. The fourth-order valence-electron chi connectivity index (χ4n) is 7.96. The van der Waals surface area contributed by atoms with Crippen molar-refractivity contribution in [2.45, 2.75) is 274 Å². The Bertz CT molecular complexity index is 970. The first-order valence-electron chi connectivity index (χ1n) is 24.6. The van der Waals surface area contributed by atoms with Crippen LogP contribution in [0.4, 0.5) is 0 Å². The molecule has 0 spiro atoms. The smallest absolute Gasteiger partial charge is 0.249 e. The summed E-state index contributed by atoms with van der Waals surface area (Å²) in [7, 11) is 0. The number of allylic oxidation sites excluding steroid dienone is 2. The number of nitrogens with one attached hydrogen (secondary N) is 1. The highest BCUT2D eigenvalue weighted by Crippen LogP contribution is 2.23. The molecule has 1 fully saturated rings. The second-order valence-electron chi connectivity index (χ2n) is 17.5. The van der Waals surface area contributed by atoms with E-state index in [0.29, 0.717) is 19.3 Å². The van der Waals surface area contributed by atoms with E-state index in [9.17, 15) is 40.5 Å². The molecule has 1 rings (SSSR count). The van der Waals surface area contributed by atoms with Crippen molar-refractivity contribution in [3.63, 3.8) is 0 Å². The van der Waals surface area contributed by atoms with Gasteiger partial charge in [-0.3, -0.25) is 4.79 Å². The Morgan fingerprint density at radius 1 is 0.576 bits per heavy atom. The first-order chi connectivity index (χ1) is 28.7. The summed E-state index contributed by atoms with van der Waals surface area (Å²) in [5.41, 5.74) is 0. The summed E-state index contributed by atoms with van der Waals surface area (Å²) >= 11 is 0. The number of carbonyl (C=O) groups is 1. The van der Waals surface area contributed by atoms with Crippen LogP contribution >= 0.6 is 0 Å². The normalized spacial score (nSPS) is 21.8. The summed E-state index contributed by atoms with van der Waals surface area (Å²) in [6.07, 6.45) is 29.6. The predicted octanol–water partition coefficient (Wildman–Crippen LogP) is 8.45. The van der Waals surface area contributed by atoms with Gasteiger partial charge in [0.05, 0.1) is 25.4 Å². The fraction of sp³-hybridized carbons (Fsp3) is 0.938. The molecule has 0 aromatic heterocycles. The molecule has 0 aliphatic carbocycles. The van der Waals surface area contributed by atoms with Gasteiger partial charge in [-0.1, -0.05) is 193 Å². The summed E-state index contributed by atoms with van der Waals surface area (Å²) in [4.78, 5) is 13.1. The molecule has 0 aromatic carbocycles. The molecule has 1 amide bonds. The van der Waals surface area contributed by atoms with Crippen LogP contribution in [0.25, 0.3) is 0 Å². The maximum atomic E-state index is 13.1. The van der Waals surface area contributed by atoms with Gasteiger partial charge in [0, 0.05) is 0 Å². The molecule has 59 heavy (non-hydrogen) atoms. The lowest BCUT2D eigenvalue weighted by atomic mass is 9.98. The lowest BCUT2D eigenvalue weighted by molar-refractivity contribution is -0.303. The molecule has 9 atom stereocenters. The zero-order valence-electron chi connectivity index (χ0n) is 37.7. The Labute approximate surface area is 360 Å². The average molecular weight is 844 g/mol. The number of amides is 1. The van der Waals surface area contributed by atoms with E-state index in [1.165, 1.54) is 128 Å². The van der Waals surface area contributed by atoms with Gasteiger partial charge in [0.15, 0.2) is 6.29 Å². The summed E-state index contributed by atoms with van der Waals surface area (Å²) in [5.74, 6) is -0.700. The Kier molecular flexibility index (Phi) is 36.5. The molecule has 1 saturated heterocycles. The van der Waals surface area contributed by atoms with Crippen LogP contribution in [-0.2, 0) is 14.3 Å². The van der Waals surface area contributed by atoms with Gasteiger partial charge in [0.1, 0.15) is 36.6 Å². The zero-order chi connectivity index (χ0) is 43.4. The number of aliphatic hydroxyl groups is 7. The van der Waals surface area contributed by atoms with Crippen molar-refractivity contribution < 1.29 is 50.0 Å². The van der Waals surface area contributed by atoms with E-state index in [-0.39, 0.29) is 6.42 Å². The van der Waals surface area contributed by atoms with E-state index in [1.807, 2.05) is 0 Å². The largest absolute Gasteiger partial charge is 0.394 e. The molecule has 0 saturated carbocycles. The van der Waals surface area contributed by atoms with Crippen molar-refractivity contribution in [2.75, 3.05) is 13.2 Å². The van der Waals surface area contributed by atoms with E-state index < -0.39 is 74.2 Å². The van der Waals surface area contributed by atoms with Crippen molar-refractivity contribution in [2.24, 2.45) is 0 Å². The number of carbonyl (C=O) groups excluding carboxylic acids is 1. The van der Waals surface area contributed by atoms with Crippen LogP contribution in [0.3, 0.4) is 0 Å². The SMILES string of the molecule is CCCCCCCCCC/C=C\CCCCCCCCC(O)C(=O)NC(COC1OC(CO)C(O)C(O)C1O)C(O)C(O)CCCCCCCCCCCCCCCC. The lowest BCUT2D eigenvalue weighted by Crippen LogP contribution is -2.60. The molecule has 11 heteroatoms. The number of hydrogen-bond donors (Lipinski definition) is 8. The van der Waals surface area contributed by atoms with Gasteiger partial charge in [-0.25, -0.2) is 0 Å². The summed E-state index contributed by atoms with van der Waals surface area (Å²) in [6.45, 7) is 3.45. The molecule has 8 N–H and O–H groups in total. The van der Waals surface area contributed by atoms with Crippen molar-refractivity contribution in [1.82, 2.24) is 5.32 Å². The van der Waals surface area contributed by atoms with Crippen molar-refractivity contribution in [3.8, 4) is 0 Å². The monoisotopic (exact) mass is 844 g/mol. The van der Waals surface area contributed by atoms with Crippen LogP contribution in [0.5, 0.6) is 0 Å². The van der Waals surface area contributed by atoms with Crippen LogP contribution in [0.1, 0.15) is 219 Å². The number of rotatable bonds is 41. The van der Waals surface area contributed by atoms with Gasteiger partial charge in [0.25, 0.3) is 0 Å². The maximum absolute atomic E-state index is 13.1. The van der Waals surface area contributed by atoms with Gasteiger partial charge in [-0.2, -0.15) is 0 Å². The molecule has 350 valence electrons. The van der Waals surface area contributed by atoms with Crippen LogP contribution in [0, 0.1) is 0 Å². The molecule has 11 nitrogen and oxygen atoms in total. The molecule has 1 heterocycles. The Morgan fingerprint density at radius 2 is 0.983 bits per heavy atom. The number of unbranched alkanes of at least 4 members (excludes halogenated alkanes) is 27. The minimum Gasteiger partial charge on any atom is -0.394 e. The van der Waals surface area contributed by atoms with Crippen LogP contribution in [0.2, 0.25) is 0 Å². The molecule has 0 aromatic rings. The maximum Gasteiger partial charge on any atom is 0.249 e.